The van der Waals surface area contributed by atoms with E-state index >= 15 is 0 Å². The van der Waals surface area contributed by atoms with Crippen LogP contribution in [0.4, 0.5) is 0 Å². The fourth-order valence-corrected chi connectivity index (χ4v) is 4.26. The van der Waals surface area contributed by atoms with Crippen molar-refractivity contribution < 1.29 is 9.90 Å². The fraction of sp³-hybridized carbons (Fsp3) is 0.600. The van der Waals surface area contributed by atoms with Crippen molar-refractivity contribution in [3.05, 3.63) is 47.2 Å². The van der Waals surface area contributed by atoms with Gasteiger partial charge in [-0.1, -0.05) is 50.5 Å². The topological polar surface area (TPSA) is 61.1 Å². The predicted octanol–water partition coefficient (Wildman–Crippen LogP) is 6.47. The summed E-state index contributed by atoms with van der Waals surface area (Å²) < 4.78 is 0. The van der Waals surface area contributed by atoms with Crippen LogP contribution in [0.1, 0.15) is 82.3 Å². The Balaban J connectivity index is 2.06. The van der Waals surface area contributed by atoms with Crippen LogP contribution in [0.2, 0.25) is 0 Å². The Bertz CT molecular complexity index is 686. The molecule has 1 aliphatic carbocycles. The van der Waals surface area contributed by atoms with Crippen LogP contribution in [-0.4, -0.2) is 10.9 Å². The number of aliphatic hydroxyl groups excluding tert-OH is 1. The number of aliphatic hydroxyl groups is 1. The summed E-state index contributed by atoms with van der Waals surface area (Å²) in [6.07, 6.45) is 12.9. The molecule has 0 saturated heterocycles. The number of hydrogen-bond donors (Lipinski definition) is 1. The Morgan fingerprint density at radius 3 is 2.75 bits per heavy atom. The van der Waals surface area contributed by atoms with Gasteiger partial charge in [0, 0.05) is 25.2 Å². The highest BCUT2D eigenvalue weighted by atomic mass is 16.3. The van der Waals surface area contributed by atoms with E-state index in [0.29, 0.717) is 24.4 Å². The number of carbonyl (C=O) groups excluding carboxylic acids is 1. The van der Waals surface area contributed by atoms with Crippen LogP contribution in [0.15, 0.2) is 36.1 Å². The van der Waals surface area contributed by atoms with Crippen LogP contribution in [0, 0.1) is 23.2 Å². The van der Waals surface area contributed by atoms with Crippen molar-refractivity contribution in [3.8, 4) is 6.07 Å². The van der Waals surface area contributed by atoms with Gasteiger partial charge in [-0.2, -0.15) is 5.26 Å². The molecular formula is C25H35NO2. The number of aryl methyl sites for hydroxylation is 1. The summed E-state index contributed by atoms with van der Waals surface area (Å²) in [6.45, 7) is 2.19. The highest BCUT2D eigenvalue weighted by molar-refractivity contribution is 5.82. The van der Waals surface area contributed by atoms with Gasteiger partial charge in [0.25, 0.3) is 0 Å². The van der Waals surface area contributed by atoms with Crippen LogP contribution < -0.4 is 0 Å². The molecule has 2 atom stereocenters. The first-order valence-electron chi connectivity index (χ1n) is 11.0. The maximum atomic E-state index is 12.7. The monoisotopic (exact) mass is 381 g/mol. The zero-order chi connectivity index (χ0) is 20.2. The minimum absolute atomic E-state index is 0.0383. The molecule has 0 amide bonds. The molecule has 1 saturated carbocycles. The number of unbranched alkanes of at least 4 members (excludes halogenated alkanes) is 4. The second kappa shape index (κ2) is 12.4. The van der Waals surface area contributed by atoms with E-state index in [1.54, 1.807) is 0 Å². The standard InChI is InChI=1S/C25H35NO2/c1-2-3-4-5-15-23(27)18-22-14-10-16-25(28)24(22)19-21-13-7-6-11-20(21)12-8-9-17-26/h6-7,11,13,18,22,24,27H,2-5,8-10,12,14-16,19H2,1H3/b23-18+/t22-,24-/m0/s1. The van der Waals surface area contributed by atoms with Gasteiger partial charge < -0.3 is 5.11 Å². The number of benzene rings is 1. The molecule has 0 bridgehead atoms. The second-order valence-electron chi connectivity index (χ2n) is 8.08. The molecule has 0 radical (unpaired) electrons. The number of hydrogen-bond acceptors (Lipinski definition) is 3. The molecule has 0 aromatic heterocycles. The van der Waals surface area contributed by atoms with E-state index in [1.807, 2.05) is 18.2 Å². The maximum absolute atomic E-state index is 12.7. The summed E-state index contributed by atoms with van der Waals surface area (Å²) in [6, 6.07) is 10.5. The summed E-state index contributed by atoms with van der Waals surface area (Å²) in [5.41, 5.74) is 2.48. The summed E-state index contributed by atoms with van der Waals surface area (Å²) in [5, 5.41) is 19.2. The minimum Gasteiger partial charge on any atom is -0.513 e. The van der Waals surface area contributed by atoms with Crippen LogP contribution in [0.5, 0.6) is 0 Å². The van der Waals surface area contributed by atoms with Crippen LogP contribution in [0.25, 0.3) is 0 Å². The van der Waals surface area contributed by atoms with Gasteiger partial charge in [-0.05, 0) is 61.6 Å². The van der Waals surface area contributed by atoms with Crippen LogP contribution in [-0.2, 0) is 17.6 Å². The molecule has 152 valence electrons. The van der Waals surface area contributed by atoms with E-state index in [1.165, 1.54) is 24.0 Å². The molecule has 1 aromatic carbocycles. The van der Waals surface area contributed by atoms with Gasteiger partial charge in [-0.25, -0.2) is 0 Å². The number of nitriles is 1. The Kier molecular flexibility index (Phi) is 9.83. The van der Waals surface area contributed by atoms with Crippen molar-refractivity contribution in [1.82, 2.24) is 0 Å². The first-order chi connectivity index (χ1) is 13.7. The molecule has 0 aliphatic heterocycles. The van der Waals surface area contributed by atoms with Gasteiger partial charge in [0.05, 0.1) is 11.8 Å². The minimum atomic E-state index is -0.0383. The highest BCUT2D eigenvalue weighted by Gasteiger charge is 2.31. The quantitative estimate of drug-likeness (QED) is 0.353. The smallest absolute Gasteiger partial charge is 0.136 e. The molecular weight excluding hydrogens is 346 g/mol. The molecule has 1 fully saturated rings. The molecule has 0 unspecified atom stereocenters. The van der Waals surface area contributed by atoms with E-state index in [2.05, 4.69) is 25.1 Å². The number of Topliss-reactive ketones (excluding diaryl/α,β-unsaturated/α-hetero) is 1. The second-order valence-corrected chi connectivity index (χ2v) is 8.08. The average Bonchev–Trinajstić information content (AvgIpc) is 2.69. The third-order valence-corrected chi connectivity index (χ3v) is 5.88. The molecule has 1 N–H and O–H groups in total. The van der Waals surface area contributed by atoms with E-state index in [0.717, 1.165) is 51.4 Å². The molecule has 0 spiro atoms. The molecule has 1 aromatic rings. The Hall–Kier alpha value is -2.08. The van der Waals surface area contributed by atoms with E-state index in [-0.39, 0.29) is 11.8 Å². The first kappa shape index (κ1) is 22.2. The Morgan fingerprint density at radius 1 is 1.21 bits per heavy atom. The summed E-state index contributed by atoms with van der Waals surface area (Å²) in [7, 11) is 0. The molecule has 0 heterocycles. The Labute approximate surface area is 170 Å². The van der Waals surface area contributed by atoms with Crippen molar-refractivity contribution in [2.45, 2.75) is 84.0 Å². The lowest BCUT2D eigenvalue weighted by atomic mass is 9.74. The largest absolute Gasteiger partial charge is 0.513 e. The van der Waals surface area contributed by atoms with Crippen LogP contribution in [0.3, 0.4) is 0 Å². The number of allylic oxidation sites excluding steroid dienone is 2. The van der Waals surface area contributed by atoms with Crippen molar-refractivity contribution in [2.75, 3.05) is 0 Å². The van der Waals surface area contributed by atoms with Gasteiger partial charge in [0.2, 0.25) is 0 Å². The molecule has 3 heteroatoms. The lowest BCUT2D eigenvalue weighted by Crippen LogP contribution is -2.29. The maximum Gasteiger partial charge on any atom is 0.136 e. The van der Waals surface area contributed by atoms with Gasteiger partial charge >= 0.3 is 0 Å². The number of nitrogens with zero attached hydrogens (tertiary/aromatic N) is 1. The number of rotatable bonds is 11. The normalized spacial score (nSPS) is 20.1. The van der Waals surface area contributed by atoms with Gasteiger partial charge in [-0.3, -0.25) is 4.79 Å². The van der Waals surface area contributed by atoms with Gasteiger partial charge in [0.15, 0.2) is 0 Å². The zero-order valence-electron chi connectivity index (χ0n) is 17.3. The van der Waals surface area contributed by atoms with E-state index in [4.69, 9.17) is 5.26 Å². The van der Waals surface area contributed by atoms with Crippen molar-refractivity contribution in [3.63, 3.8) is 0 Å². The zero-order valence-corrected chi connectivity index (χ0v) is 17.3. The van der Waals surface area contributed by atoms with Crippen molar-refractivity contribution >= 4 is 5.78 Å². The molecule has 1 aliphatic rings. The predicted molar refractivity (Wildman–Crippen MR) is 114 cm³/mol. The van der Waals surface area contributed by atoms with E-state index < -0.39 is 0 Å². The Morgan fingerprint density at radius 2 is 2.00 bits per heavy atom. The fourth-order valence-electron chi connectivity index (χ4n) is 4.26. The number of carbonyl (C=O) groups is 1. The SMILES string of the molecule is CCCCCC/C(O)=C\[C@@H]1CCCC(=O)[C@H]1Cc1ccccc1CCCC#N. The van der Waals surface area contributed by atoms with Gasteiger partial charge in [-0.15, -0.1) is 0 Å². The average molecular weight is 382 g/mol. The van der Waals surface area contributed by atoms with Crippen LogP contribution >= 0.6 is 0 Å². The third-order valence-electron chi connectivity index (χ3n) is 5.88. The van der Waals surface area contributed by atoms with E-state index in [9.17, 15) is 9.90 Å². The van der Waals surface area contributed by atoms with Gasteiger partial charge in [0.1, 0.15) is 5.78 Å². The lowest BCUT2D eigenvalue weighted by molar-refractivity contribution is -0.125. The third kappa shape index (κ3) is 7.15. The first-order valence-corrected chi connectivity index (χ1v) is 11.0. The summed E-state index contributed by atoms with van der Waals surface area (Å²) >= 11 is 0. The molecule has 28 heavy (non-hydrogen) atoms. The molecule has 3 nitrogen and oxygen atoms in total. The summed E-state index contributed by atoms with van der Waals surface area (Å²) in [5.74, 6) is 0.893. The number of ketones is 1. The highest BCUT2D eigenvalue weighted by Crippen LogP contribution is 2.33. The van der Waals surface area contributed by atoms with Crippen molar-refractivity contribution in [1.29, 1.82) is 5.26 Å². The summed E-state index contributed by atoms with van der Waals surface area (Å²) in [4.78, 5) is 12.7. The van der Waals surface area contributed by atoms with Crippen molar-refractivity contribution in [2.24, 2.45) is 11.8 Å². The lowest BCUT2D eigenvalue weighted by Gasteiger charge is -2.29. The molecule has 2 rings (SSSR count).